The van der Waals surface area contributed by atoms with E-state index in [4.69, 9.17) is 0 Å². The number of fused-ring (bicyclic) bond motifs is 8. The molecule has 0 saturated heterocycles. The molecule has 4 aromatic heterocycles. The molecule has 4 aliphatic heterocycles. The predicted molar refractivity (Wildman–Crippen MR) is 483 cm³/mol. The van der Waals surface area contributed by atoms with Crippen molar-refractivity contribution in [2.24, 2.45) is 0 Å². The Morgan fingerprint density at radius 2 is 0.326 bits per heavy atom. The van der Waals surface area contributed by atoms with E-state index < -0.39 is 91.7 Å². The molecule has 0 radical (unpaired) electrons. The smallest absolute Gasteiger partial charge is 0.266 e. The molecule has 0 spiro atoms. The van der Waals surface area contributed by atoms with E-state index in [0.29, 0.717) is 33.6 Å². The Labute approximate surface area is 735 Å². The van der Waals surface area contributed by atoms with Gasteiger partial charge >= 0.3 is 0 Å². The lowest BCUT2D eigenvalue weighted by Gasteiger charge is -2.13. The number of hydrogen-bond acceptors (Lipinski definition) is 24. The van der Waals surface area contributed by atoms with Crippen LogP contribution < -0.4 is 64.1 Å². The van der Waals surface area contributed by atoms with Crippen LogP contribution in [0.3, 0.4) is 0 Å². The summed E-state index contributed by atoms with van der Waals surface area (Å²) in [7, 11) is 0. The molecule has 0 unspecified atom stereocenters. The van der Waals surface area contributed by atoms with Crippen LogP contribution in [0.4, 0.5) is 22.7 Å². The molecule has 8 heterocycles. The van der Waals surface area contributed by atoms with Crippen LogP contribution in [0.2, 0.25) is 0 Å². The van der Waals surface area contributed by atoms with Gasteiger partial charge in [-0.1, -0.05) is 48.5 Å². The highest BCUT2D eigenvalue weighted by atomic mass is 16.3. The molecule has 4 aliphatic rings. The minimum Gasteiger partial charge on any atom is -0.508 e. The molecule has 0 atom stereocenters. The average Bonchev–Trinajstić information content (AvgIpc) is 1.57. The minimum atomic E-state index is -0.653. The number of carbonyl (C=O) groups excluding carboxylic acids is 8. The van der Waals surface area contributed by atoms with Crippen LogP contribution in [0.25, 0.3) is 88.1 Å². The van der Waals surface area contributed by atoms with Crippen LogP contribution in [-0.2, 0) is 0 Å². The second kappa shape index (κ2) is 31.4. The summed E-state index contributed by atoms with van der Waals surface area (Å²) in [5.41, 5.74) is 1.21. The maximum absolute atomic E-state index is 13.1. The van der Waals surface area contributed by atoms with Crippen LogP contribution in [0.5, 0.6) is 46.0 Å². The summed E-state index contributed by atoms with van der Waals surface area (Å²) in [6.07, 6.45) is 0. The Balaban J connectivity index is 0.000000114. The molecule has 8 amide bonds. The molecule has 8 N–H and O–H groups in total. The first-order chi connectivity index (χ1) is 63.4. The van der Waals surface area contributed by atoms with Gasteiger partial charge in [0.25, 0.3) is 91.7 Å². The number of nitrogens with zero attached hydrogens (tertiary/aromatic N) is 8. The molecule has 0 bridgehead atoms. The normalized spacial score (nSPS) is 13.1. The number of amides is 8. The first-order valence-corrected chi connectivity index (χ1v) is 39.8. The number of carbonyl (C=O) groups is 8. The first-order valence-electron chi connectivity index (χ1n) is 39.8. The van der Waals surface area contributed by atoms with Gasteiger partial charge in [0.2, 0.25) is 0 Å². The summed E-state index contributed by atoms with van der Waals surface area (Å²) in [5, 5.41) is 76.8. The second-order valence-corrected chi connectivity index (χ2v) is 30.6. The molecule has 640 valence electrons. The zero-order valence-electron chi connectivity index (χ0n) is 67.4. The standard InChI is InChI=1S/2C28H16N2O6.2C22H12N2O6/c31-19-7-3-17(4-8-19)29-25(33)21-11-1-15(13-23(21)27(29)35)16-2-12-22-24(14-16)28(36)30(26(22)34)18-5-9-20(32)10-6-18;31-19-5-1-3-17(13-19)29-25(33)21-9-7-15(11-23(21)27(29)35)16-8-10-22-24(12-16)28(36)30(26(22)34)18-4-2-6-20(32)14-18;25-13-5-1-11(2-6-13)23-19(27)15-9-17-18(10-16(15)20(23)28)22(30)24(21(17)29)12-3-7-14(26)8-4-12;25-13-5-1-3-11(7-13)23-19(27)15-9-17-18(10-16(15)20(23)28)22(30)24(21(17)29)12-4-2-6-14(26)8-12/h2*1-14,31-32H;2*1-10,25-26H. The zero-order chi connectivity index (χ0) is 92.6. The predicted octanol–water partition coefficient (Wildman–Crippen LogP) is 11.3. The SMILES string of the molecule is O=C1c2ccc(-c3ccc4c(c3)C(=O)N(c3ccc(O)cc3)C4=O)cc2C(=O)N1c1ccc(O)cc1.O=C1c2ccc(-c3ccc4c(c3)C(=O)N(c3cccc(O)c3)C4=O)cc2C(=O)N1c1cccc(O)c1.O=c1c2cc3c(=O)n(-c4ccc(O)cc4)c(=O)c3cc2c(=O)n1-c1ccc(O)cc1.O=c1c2cc3c(=O)n(-c4cccc(O)c4)c(=O)c3cc2c(=O)n1-c1cccc(O)c1. The van der Waals surface area contributed by atoms with Crippen molar-refractivity contribution in [1.29, 1.82) is 0 Å². The number of aromatic nitrogens is 4. The molecule has 0 fully saturated rings. The van der Waals surface area contributed by atoms with Crippen molar-refractivity contribution in [3.63, 3.8) is 0 Å². The van der Waals surface area contributed by atoms with Crippen LogP contribution in [0, 0.1) is 0 Å². The van der Waals surface area contributed by atoms with Crippen molar-refractivity contribution in [1.82, 2.24) is 18.3 Å². The van der Waals surface area contributed by atoms with Gasteiger partial charge in [0.05, 0.1) is 133 Å². The summed E-state index contributed by atoms with van der Waals surface area (Å²) >= 11 is 0. The number of phenolic OH excluding ortho intramolecular Hbond substituents is 8. The Hall–Kier alpha value is -19.4. The van der Waals surface area contributed by atoms with Crippen molar-refractivity contribution in [2.45, 2.75) is 0 Å². The average molecular weight is 1750 g/mol. The molecule has 132 heavy (non-hydrogen) atoms. The van der Waals surface area contributed by atoms with Gasteiger partial charge in [0.15, 0.2) is 0 Å². The van der Waals surface area contributed by atoms with E-state index in [1.807, 2.05) is 0 Å². The number of anilines is 4. The van der Waals surface area contributed by atoms with Gasteiger partial charge in [-0.25, -0.2) is 37.9 Å². The quantitative estimate of drug-likeness (QED) is 0.0590. The van der Waals surface area contributed by atoms with Crippen molar-refractivity contribution >= 4 is 113 Å². The van der Waals surface area contributed by atoms with E-state index in [1.165, 1.54) is 194 Å². The van der Waals surface area contributed by atoms with E-state index in [0.717, 1.165) is 37.9 Å². The fourth-order valence-electron chi connectivity index (χ4n) is 16.4. The number of rotatable bonds is 10. The van der Waals surface area contributed by atoms with Gasteiger partial charge in [-0.2, -0.15) is 0 Å². The van der Waals surface area contributed by atoms with Crippen LogP contribution in [0.1, 0.15) is 82.9 Å². The van der Waals surface area contributed by atoms with E-state index in [-0.39, 0.29) is 168 Å². The van der Waals surface area contributed by atoms with Crippen molar-refractivity contribution in [3.05, 3.63) is 419 Å². The molecular formula is C100H56N8O24. The van der Waals surface area contributed by atoms with Gasteiger partial charge in [0, 0.05) is 24.3 Å². The van der Waals surface area contributed by atoms with Crippen LogP contribution >= 0.6 is 0 Å². The number of imide groups is 4. The zero-order valence-corrected chi connectivity index (χ0v) is 67.4. The Morgan fingerprint density at radius 1 is 0.144 bits per heavy atom. The fraction of sp³-hybridized carbons (Fsp3) is 0. The first kappa shape index (κ1) is 82.2. The Bertz CT molecular complexity index is 8000. The van der Waals surface area contributed by atoms with Gasteiger partial charge in [-0.05, 0) is 241 Å². The number of benzene rings is 14. The number of aromatic hydroxyl groups is 8. The minimum absolute atomic E-state index is 0.000928. The molecule has 18 aromatic rings. The number of phenols is 8. The lowest BCUT2D eigenvalue weighted by Crippen LogP contribution is -2.29. The highest BCUT2D eigenvalue weighted by molar-refractivity contribution is 6.38. The maximum atomic E-state index is 13.1. The molecule has 0 aliphatic carbocycles. The monoisotopic (exact) mass is 1750 g/mol. The summed E-state index contributed by atoms with van der Waals surface area (Å²) < 4.78 is 3.65. The van der Waals surface area contributed by atoms with E-state index in [2.05, 4.69) is 0 Å². The number of hydrogen-bond donors (Lipinski definition) is 8. The summed E-state index contributed by atoms with van der Waals surface area (Å²) in [6, 6.07) is 70.1. The summed E-state index contributed by atoms with van der Waals surface area (Å²) in [4.78, 5) is 211. The van der Waals surface area contributed by atoms with Gasteiger partial charge in [0.1, 0.15) is 46.0 Å². The van der Waals surface area contributed by atoms with E-state index in [1.54, 1.807) is 97.1 Å². The molecule has 0 saturated carbocycles. The van der Waals surface area contributed by atoms with Gasteiger partial charge in [-0.3, -0.25) is 76.7 Å². The lowest BCUT2D eigenvalue weighted by molar-refractivity contribution is 0.0910. The topological polar surface area (TPSA) is 468 Å². The third-order valence-electron chi connectivity index (χ3n) is 22.8. The molecule has 32 heteroatoms. The summed E-state index contributed by atoms with van der Waals surface area (Å²) in [6.45, 7) is 0. The molecular weight excluding hydrogens is 1700 g/mol. The Morgan fingerprint density at radius 3 is 0.545 bits per heavy atom. The van der Waals surface area contributed by atoms with Crippen LogP contribution in [0.15, 0.2) is 330 Å². The van der Waals surface area contributed by atoms with Gasteiger partial charge in [-0.15, -0.1) is 0 Å². The van der Waals surface area contributed by atoms with Crippen molar-refractivity contribution in [3.8, 4) is 91.0 Å². The largest absolute Gasteiger partial charge is 0.508 e. The third-order valence-corrected chi connectivity index (χ3v) is 22.8. The van der Waals surface area contributed by atoms with Crippen molar-refractivity contribution in [2.75, 3.05) is 19.6 Å². The molecule has 32 nitrogen and oxygen atoms in total. The van der Waals surface area contributed by atoms with E-state index in [9.17, 15) is 118 Å². The highest BCUT2D eigenvalue weighted by Gasteiger charge is 2.42. The van der Waals surface area contributed by atoms with Crippen molar-refractivity contribution < 1.29 is 79.2 Å². The fourth-order valence-corrected chi connectivity index (χ4v) is 16.4. The lowest BCUT2D eigenvalue weighted by atomic mass is 9.97. The molecule has 14 aromatic carbocycles. The Kier molecular flexibility index (Phi) is 19.5. The summed E-state index contributed by atoms with van der Waals surface area (Å²) in [5.74, 6) is -4.31. The second-order valence-electron chi connectivity index (χ2n) is 30.6. The highest BCUT2D eigenvalue weighted by Crippen LogP contribution is 2.40. The third kappa shape index (κ3) is 13.6. The van der Waals surface area contributed by atoms with E-state index >= 15 is 0 Å². The molecule has 22 rings (SSSR count). The maximum Gasteiger partial charge on any atom is 0.266 e. The van der Waals surface area contributed by atoms with Gasteiger partial charge < -0.3 is 40.9 Å². The van der Waals surface area contributed by atoms with Crippen LogP contribution in [-0.4, -0.2) is 106 Å².